The van der Waals surface area contributed by atoms with Crippen LogP contribution in [0, 0.1) is 5.82 Å². The van der Waals surface area contributed by atoms with Crippen LogP contribution in [-0.4, -0.2) is 29.0 Å². The van der Waals surface area contributed by atoms with E-state index in [9.17, 15) is 27.1 Å². The van der Waals surface area contributed by atoms with Crippen LogP contribution >= 0.6 is 24.2 Å². The predicted molar refractivity (Wildman–Crippen MR) is 136 cm³/mol. The Kier molecular flexibility index (Phi) is 7.93. The lowest BCUT2D eigenvalue weighted by molar-refractivity contribution is 0.0817. The minimum Gasteiger partial charge on any atom is -0.317 e. The molecule has 14 heteroatoms. The molecular formula is C23H18BrFN4O6PS+. The number of halogens is 2. The zero-order valence-corrected chi connectivity index (χ0v) is 22.0. The van der Waals surface area contributed by atoms with Gasteiger partial charge in [-0.15, -0.1) is 4.89 Å². The Morgan fingerprint density at radius 2 is 1.76 bits per heavy atom. The number of sulfonamides is 1. The van der Waals surface area contributed by atoms with Crippen molar-refractivity contribution < 1.29 is 31.6 Å². The molecule has 3 aromatic carbocycles. The van der Waals surface area contributed by atoms with Gasteiger partial charge in [0.15, 0.2) is 5.69 Å². The molecule has 1 heterocycles. The summed E-state index contributed by atoms with van der Waals surface area (Å²) in [5.41, 5.74) is 0.877. The molecule has 4 N–H and O–H groups in total. The van der Waals surface area contributed by atoms with Crippen LogP contribution in [0.2, 0.25) is 0 Å². The monoisotopic (exact) mass is 607 g/mol. The van der Waals surface area contributed by atoms with Gasteiger partial charge in [0.25, 0.3) is 5.91 Å². The number of nitrogens with one attached hydrogen (secondary N) is 1. The number of aromatic nitrogens is 2. The molecule has 0 saturated carbocycles. The third kappa shape index (κ3) is 6.34. The van der Waals surface area contributed by atoms with Crippen LogP contribution in [0.1, 0.15) is 22.3 Å². The number of carbonyl (C=O) groups is 1. The van der Waals surface area contributed by atoms with Gasteiger partial charge in [0.2, 0.25) is 16.3 Å². The van der Waals surface area contributed by atoms with Crippen LogP contribution in [0.4, 0.5) is 4.39 Å². The summed E-state index contributed by atoms with van der Waals surface area (Å²) in [6, 6.07) is 19.0. The van der Waals surface area contributed by atoms with E-state index in [2.05, 4.69) is 26.3 Å². The third-order valence-corrected chi connectivity index (χ3v) is 6.98. The van der Waals surface area contributed by atoms with E-state index in [1.807, 2.05) is 0 Å². The Hall–Kier alpha value is -3.32. The van der Waals surface area contributed by atoms with Gasteiger partial charge in [0, 0.05) is 20.2 Å². The molecule has 0 aliphatic heterocycles. The Bertz CT molecular complexity index is 1580. The molecule has 2 atom stereocenters. The van der Waals surface area contributed by atoms with E-state index < -0.39 is 36.2 Å². The van der Waals surface area contributed by atoms with Gasteiger partial charge in [-0.25, -0.2) is 22.6 Å². The zero-order valence-electron chi connectivity index (χ0n) is 18.7. The number of hydrogen-bond acceptors (Lipinski definition) is 6. The minimum absolute atomic E-state index is 0.128. The second kappa shape index (κ2) is 11.0. The maximum absolute atomic E-state index is 14.7. The smallest absolute Gasteiger partial charge is 0.317 e. The number of benzene rings is 3. The lowest BCUT2D eigenvalue weighted by atomic mass is 10.1. The molecule has 0 bridgehead atoms. The Morgan fingerprint density at radius 1 is 1.11 bits per heavy atom. The normalized spacial score (nSPS) is 12.7. The van der Waals surface area contributed by atoms with Crippen LogP contribution in [0.5, 0.6) is 0 Å². The standard InChI is InChI=1S/C23H17BrFN4O6PS/c24-15-7-5-14(6-8-15)23(35-36(31)32)27-22(30)20-13-21(18-3-1-2-4-19(18)25)29(28-20)16-9-11-17(12-10-16)37(26,33)34/h1-13,23H,(H3-,26,27,30,31,32,33,34)/p+1. The van der Waals surface area contributed by atoms with Crippen LogP contribution in [0.3, 0.4) is 0 Å². The van der Waals surface area contributed by atoms with E-state index >= 15 is 0 Å². The molecule has 2 unspecified atom stereocenters. The summed E-state index contributed by atoms with van der Waals surface area (Å²) in [6.45, 7) is 0. The van der Waals surface area contributed by atoms with E-state index in [1.54, 1.807) is 30.3 Å². The largest absolute Gasteiger partial charge is 0.697 e. The summed E-state index contributed by atoms with van der Waals surface area (Å²) >= 11 is 3.29. The zero-order chi connectivity index (χ0) is 26.7. The second-order valence-corrected chi connectivity index (χ2v) is 10.8. The number of nitrogens with zero attached hydrogens (tertiary/aromatic N) is 2. The fourth-order valence-electron chi connectivity index (χ4n) is 3.42. The van der Waals surface area contributed by atoms with E-state index in [1.165, 1.54) is 53.2 Å². The number of primary sulfonamides is 1. The number of nitrogens with two attached hydrogens (primary N) is 1. The lowest BCUT2D eigenvalue weighted by Gasteiger charge is -2.12. The molecule has 37 heavy (non-hydrogen) atoms. The molecule has 190 valence electrons. The van der Waals surface area contributed by atoms with Crippen molar-refractivity contribution in [3.8, 4) is 16.9 Å². The van der Waals surface area contributed by atoms with Crippen LogP contribution in [-0.2, 0) is 19.1 Å². The Labute approximate surface area is 220 Å². The van der Waals surface area contributed by atoms with Crippen LogP contribution in [0.15, 0.2) is 88.2 Å². The molecule has 0 aliphatic carbocycles. The molecule has 0 aliphatic rings. The first-order chi connectivity index (χ1) is 17.5. The molecule has 4 aromatic rings. The fourth-order valence-corrected chi connectivity index (χ4v) is 4.55. The highest BCUT2D eigenvalue weighted by molar-refractivity contribution is 9.10. The van der Waals surface area contributed by atoms with Crippen LogP contribution < -0.4 is 10.5 Å². The van der Waals surface area contributed by atoms with E-state index in [4.69, 9.17) is 9.66 Å². The van der Waals surface area contributed by atoms with Crippen molar-refractivity contribution in [2.75, 3.05) is 0 Å². The first-order valence-corrected chi connectivity index (χ1v) is 13.9. The Balaban J connectivity index is 1.75. The summed E-state index contributed by atoms with van der Waals surface area (Å²) in [5.74, 6) is -1.35. The van der Waals surface area contributed by atoms with Gasteiger partial charge >= 0.3 is 8.25 Å². The number of hydrogen-bond donors (Lipinski definition) is 3. The lowest BCUT2D eigenvalue weighted by Crippen LogP contribution is -2.29. The highest BCUT2D eigenvalue weighted by Crippen LogP contribution is 2.30. The van der Waals surface area contributed by atoms with Crippen molar-refractivity contribution in [1.82, 2.24) is 15.1 Å². The van der Waals surface area contributed by atoms with Gasteiger partial charge in [0.05, 0.1) is 16.3 Å². The third-order valence-electron chi connectivity index (χ3n) is 5.13. The van der Waals surface area contributed by atoms with Crippen LogP contribution in [0.25, 0.3) is 16.9 Å². The van der Waals surface area contributed by atoms with Gasteiger partial charge in [-0.05, 0) is 54.6 Å². The quantitative estimate of drug-likeness (QED) is 0.200. The second-order valence-electron chi connectivity index (χ2n) is 7.59. The summed E-state index contributed by atoms with van der Waals surface area (Å²) in [4.78, 5) is 22.3. The van der Waals surface area contributed by atoms with Crippen molar-refractivity contribution in [1.29, 1.82) is 0 Å². The summed E-state index contributed by atoms with van der Waals surface area (Å²) < 4.78 is 56.3. The first-order valence-electron chi connectivity index (χ1n) is 10.4. The summed E-state index contributed by atoms with van der Waals surface area (Å²) in [7, 11) is -7.02. The van der Waals surface area contributed by atoms with Gasteiger partial charge in [-0.2, -0.15) is 5.10 Å². The topological polar surface area (TPSA) is 154 Å². The highest BCUT2D eigenvalue weighted by atomic mass is 79.9. The average molecular weight is 608 g/mol. The fraction of sp³-hybridized carbons (Fsp3) is 0.0435. The highest BCUT2D eigenvalue weighted by Gasteiger charge is 2.28. The summed E-state index contributed by atoms with van der Waals surface area (Å²) in [5, 5.41) is 12.0. The minimum atomic E-state index is -3.95. The number of rotatable bonds is 8. The summed E-state index contributed by atoms with van der Waals surface area (Å²) in [6.07, 6.45) is -1.29. The molecule has 10 nitrogen and oxygen atoms in total. The Morgan fingerprint density at radius 3 is 2.35 bits per heavy atom. The van der Waals surface area contributed by atoms with Gasteiger partial charge in [0.1, 0.15) is 5.82 Å². The molecule has 4 rings (SSSR count). The molecule has 0 radical (unpaired) electrons. The number of carbonyl (C=O) groups excluding carboxylic acids is 1. The van der Waals surface area contributed by atoms with Crippen molar-refractivity contribution >= 4 is 40.1 Å². The SMILES string of the molecule is NS(=O)(=O)c1ccc(-n2nc(C(=O)NC(O[P+](=O)O)c3ccc(Br)cc3)cc2-c2ccccc2F)cc1. The van der Waals surface area contributed by atoms with Gasteiger partial charge in [-0.3, -0.25) is 4.79 Å². The van der Waals surface area contributed by atoms with Crippen molar-refractivity contribution in [3.63, 3.8) is 0 Å². The van der Waals surface area contributed by atoms with Crippen molar-refractivity contribution in [2.45, 2.75) is 11.1 Å². The van der Waals surface area contributed by atoms with E-state index in [0.717, 1.165) is 4.47 Å². The molecule has 1 amide bonds. The molecule has 0 spiro atoms. The molecule has 0 fully saturated rings. The van der Waals surface area contributed by atoms with Crippen molar-refractivity contribution in [3.05, 3.63) is 100 Å². The molecule has 1 aromatic heterocycles. The van der Waals surface area contributed by atoms with Gasteiger partial charge < -0.3 is 5.32 Å². The predicted octanol–water partition coefficient (Wildman–Crippen LogP) is 4.18. The van der Waals surface area contributed by atoms with E-state index in [0.29, 0.717) is 11.3 Å². The van der Waals surface area contributed by atoms with E-state index in [-0.39, 0.29) is 21.8 Å². The average Bonchev–Trinajstić information content (AvgIpc) is 3.29. The maximum Gasteiger partial charge on any atom is 0.697 e. The van der Waals surface area contributed by atoms with Gasteiger partial charge in [-0.1, -0.05) is 44.7 Å². The maximum atomic E-state index is 14.7. The van der Waals surface area contributed by atoms with Crippen molar-refractivity contribution in [2.24, 2.45) is 5.14 Å². The molecular weight excluding hydrogens is 590 g/mol. The first kappa shape index (κ1) is 26.7. The number of amides is 1. The molecule has 0 saturated heterocycles.